The van der Waals surface area contributed by atoms with Crippen LogP contribution in [0.5, 0.6) is 11.5 Å². The molecule has 0 aliphatic carbocycles. The Labute approximate surface area is 302 Å². The lowest BCUT2D eigenvalue weighted by molar-refractivity contribution is -0.139. The average Bonchev–Trinajstić information content (AvgIpc) is 3.14. The Morgan fingerprint density at radius 2 is 1.54 bits per heavy atom. The van der Waals surface area contributed by atoms with Crippen molar-refractivity contribution in [3.05, 3.63) is 82.9 Å². The maximum Gasteiger partial charge on any atom is 0.251 e. The molecule has 3 atom stereocenters. The number of benzene rings is 3. The first-order chi connectivity index (χ1) is 25.0. The summed E-state index contributed by atoms with van der Waals surface area (Å²) < 4.78 is 12.0. The fourth-order valence-corrected chi connectivity index (χ4v) is 5.56. The van der Waals surface area contributed by atoms with E-state index in [0.29, 0.717) is 39.3 Å². The molecule has 0 radical (unpaired) electrons. The Balaban J connectivity index is 1.83. The fourth-order valence-electron chi connectivity index (χ4n) is 5.56. The molecular weight excluding hydrogens is 668 g/mol. The van der Waals surface area contributed by atoms with E-state index in [1.54, 1.807) is 60.7 Å². The first-order valence-corrected chi connectivity index (χ1v) is 16.8. The minimum atomic E-state index is -1.30. The Hall–Kier alpha value is -5.98. The molecule has 1 aliphatic rings. The number of carbonyl (C=O) groups excluding carboxylic acids is 5. The maximum absolute atomic E-state index is 14.1. The number of likely N-dealkylation sites (N-methyl/N-ethyl adjacent to an activating group) is 1. The number of nitrogens with one attached hydrogen (secondary N) is 4. The standard InChI is InChI=1S/C37H44N8O7/c1-22-4-7-25(8-5-22)35(48)42-21-32(46)45(3)33-26-9-11-31(52-17-14-40)28(20-26)27-18-24(6-10-30(27)51-16-13-39)19-29(36(49)41-15-12-38)44-34(47)23(2)43-37(33)50/h4-11,18,20,23,29,33H,13-17,19,21,39-40H2,1-3H3,(H,41,49)(H,42,48)(H,43,50)(H,44,47)/t23-,29-,33-/m0/s1. The Bertz CT molecular complexity index is 1830. The predicted molar refractivity (Wildman–Crippen MR) is 192 cm³/mol. The number of carbonyl (C=O) groups is 5. The second-order valence-electron chi connectivity index (χ2n) is 12.2. The number of nitrogens with two attached hydrogens (primary N) is 2. The zero-order valence-corrected chi connectivity index (χ0v) is 29.4. The van der Waals surface area contributed by atoms with Gasteiger partial charge in [0.05, 0.1) is 12.6 Å². The summed E-state index contributed by atoms with van der Waals surface area (Å²) in [6, 6.07) is 15.3. The molecule has 4 bridgehead atoms. The summed E-state index contributed by atoms with van der Waals surface area (Å²) in [5.74, 6) is -2.22. The van der Waals surface area contributed by atoms with E-state index in [9.17, 15) is 24.0 Å². The van der Waals surface area contributed by atoms with E-state index in [2.05, 4.69) is 21.3 Å². The molecule has 15 heteroatoms. The van der Waals surface area contributed by atoms with Crippen LogP contribution < -0.4 is 42.2 Å². The fraction of sp³-hybridized carbons (Fsp3) is 0.351. The summed E-state index contributed by atoms with van der Waals surface area (Å²) in [4.78, 5) is 68.3. The largest absolute Gasteiger partial charge is 0.492 e. The lowest BCUT2D eigenvalue weighted by atomic mass is 9.93. The van der Waals surface area contributed by atoms with Crippen LogP contribution in [0, 0.1) is 18.3 Å². The highest BCUT2D eigenvalue weighted by Crippen LogP contribution is 2.40. The van der Waals surface area contributed by atoms with Crippen LogP contribution in [0.15, 0.2) is 60.7 Å². The monoisotopic (exact) mass is 712 g/mol. The van der Waals surface area contributed by atoms with Crippen molar-refractivity contribution < 1.29 is 33.4 Å². The van der Waals surface area contributed by atoms with Gasteiger partial charge in [-0.05, 0) is 61.4 Å². The van der Waals surface area contributed by atoms with Gasteiger partial charge in [-0.25, -0.2) is 0 Å². The molecule has 0 aromatic heterocycles. The topological polar surface area (TPSA) is 231 Å². The van der Waals surface area contributed by atoms with E-state index in [1.807, 2.05) is 13.0 Å². The first kappa shape index (κ1) is 38.8. The molecule has 5 amide bonds. The third kappa shape index (κ3) is 9.83. The molecule has 1 heterocycles. The minimum absolute atomic E-state index is 0.0285. The van der Waals surface area contributed by atoms with Gasteiger partial charge in [0.1, 0.15) is 49.4 Å². The molecule has 4 rings (SSSR count). The Morgan fingerprint density at radius 1 is 0.904 bits per heavy atom. The quantitative estimate of drug-likeness (QED) is 0.142. The molecular formula is C37H44N8O7. The zero-order chi connectivity index (χ0) is 37.8. The van der Waals surface area contributed by atoms with Gasteiger partial charge in [0, 0.05) is 43.2 Å². The van der Waals surface area contributed by atoms with Gasteiger partial charge < -0.3 is 47.1 Å². The minimum Gasteiger partial charge on any atom is -0.492 e. The molecule has 3 aromatic carbocycles. The van der Waals surface area contributed by atoms with Crippen molar-refractivity contribution >= 4 is 29.5 Å². The van der Waals surface area contributed by atoms with Gasteiger partial charge in [-0.15, -0.1) is 0 Å². The van der Waals surface area contributed by atoms with Crippen molar-refractivity contribution in [1.82, 2.24) is 26.2 Å². The third-order valence-electron chi connectivity index (χ3n) is 8.31. The normalized spacial score (nSPS) is 17.0. The van der Waals surface area contributed by atoms with Gasteiger partial charge in [0.15, 0.2) is 0 Å². The highest BCUT2D eigenvalue weighted by Gasteiger charge is 2.33. The second kappa shape index (κ2) is 18.3. The van der Waals surface area contributed by atoms with Gasteiger partial charge in [-0.2, -0.15) is 5.26 Å². The highest BCUT2D eigenvalue weighted by atomic mass is 16.5. The molecule has 0 unspecified atom stereocenters. The smallest absolute Gasteiger partial charge is 0.251 e. The molecule has 0 saturated heterocycles. The molecule has 52 heavy (non-hydrogen) atoms. The summed E-state index contributed by atoms with van der Waals surface area (Å²) in [5, 5.41) is 19.5. The number of amides is 5. The van der Waals surface area contributed by atoms with E-state index in [4.69, 9.17) is 26.2 Å². The molecule has 0 saturated carbocycles. The first-order valence-electron chi connectivity index (χ1n) is 16.8. The van der Waals surface area contributed by atoms with Gasteiger partial charge in [-0.3, -0.25) is 24.0 Å². The van der Waals surface area contributed by atoms with E-state index in [1.165, 1.54) is 18.9 Å². The molecule has 15 nitrogen and oxygen atoms in total. The van der Waals surface area contributed by atoms with Crippen molar-refractivity contribution in [2.75, 3.05) is 46.4 Å². The Kier molecular flexibility index (Phi) is 13.7. The van der Waals surface area contributed by atoms with Crippen LogP contribution in [0.4, 0.5) is 0 Å². The maximum atomic E-state index is 14.1. The number of hydrogen-bond donors (Lipinski definition) is 6. The van der Waals surface area contributed by atoms with Crippen LogP contribution in [0.3, 0.4) is 0 Å². The summed E-state index contributed by atoms with van der Waals surface area (Å²) >= 11 is 0. The van der Waals surface area contributed by atoms with Crippen molar-refractivity contribution in [2.24, 2.45) is 11.5 Å². The second-order valence-corrected chi connectivity index (χ2v) is 12.2. The summed E-state index contributed by atoms with van der Waals surface area (Å²) in [6.07, 6.45) is 0.0285. The van der Waals surface area contributed by atoms with Crippen molar-refractivity contribution in [2.45, 2.75) is 38.4 Å². The number of hydrogen-bond acceptors (Lipinski definition) is 10. The number of rotatable bonds is 12. The SMILES string of the molecule is Cc1ccc(C(=O)NCC(=O)N(C)[C@@H]2C(=O)N[C@@H](C)C(=O)N[C@H](C(=O)NCC#N)Cc3ccc(OCCN)c(c3)-c3cc2ccc3OCCN)cc1. The van der Waals surface area contributed by atoms with Gasteiger partial charge in [0.2, 0.25) is 23.6 Å². The van der Waals surface area contributed by atoms with Gasteiger partial charge in [-0.1, -0.05) is 29.8 Å². The van der Waals surface area contributed by atoms with Gasteiger partial charge in [0.25, 0.3) is 5.91 Å². The predicted octanol–water partition coefficient (Wildman–Crippen LogP) is 0.452. The summed E-state index contributed by atoms with van der Waals surface area (Å²) in [5.41, 5.74) is 14.9. The number of ether oxygens (including phenoxy) is 2. The number of aryl methyl sites for hydroxylation is 1. The lowest BCUT2D eigenvalue weighted by Gasteiger charge is -2.30. The zero-order valence-electron chi connectivity index (χ0n) is 29.4. The van der Waals surface area contributed by atoms with Crippen LogP contribution >= 0.6 is 0 Å². The van der Waals surface area contributed by atoms with Crippen LogP contribution in [-0.4, -0.2) is 93.0 Å². The number of fused-ring (bicyclic) bond motifs is 5. The van der Waals surface area contributed by atoms with Crippen LogP contribution in [-0.2, 0) is 25.6 Å². The third-order valence-corrected chi connectivity index (χ3v) is 8.31. The van der Waals surface area contributed by atoms with Crippen LogP contribution in [0.2, 0.25) is 0 Å². The van der Waals surface area contributed by atoms with Gasteiger partial charge >= 0.3 is 0 Å². The van der Waals surface area contributed by atoms with E-state index in [-0.39, 0.29) is 39.3 Å². The molecule has 1 aliphatic heterocycles. The van der Waals surface area contributed by atoms with Crippen molar-refractivity contribution in [1.29, 1.82) is 5.26 Å². The van der Waals surface area contributed by atoms with E-state index in [0.717, 1.165) is 5.56 Å². The molecule has 0 fully saturated rings. The highest BCUT2D eigenvalue weighted by molar-refractivity contribution is 5.98. The average molecular weight is 713 g/mol. The number of nitriles is 1. The van der Waals surface area contributed by atoms with E-state index >= 15 is 0 Å². The molecule has 274 valence electrons. The van der Waals surface area contributed by atoms with Crippen molar-refractivity contribution in [3.8, 4) is 28.7 Å². The number of nitrogens with zero attached hydrogens (tertiary/aromatic N) is 2. The molecule has 0 spiro atoms. The summed E-state index contributed by atoms with van der Waals surface area (Å²) in [6.45, 7) is 3.41. The summed E-state index contributed by atoms with van der Waals surface area (Å²) in [7, 11) is 1.42. The van der Waals surface area contributed by atoms with Crippen LogP contribution in [0.1, 0.15) is 40.0 Å². The van der Waals surface area contributed by atoms with Crippen molar-refractivity contribution in [3.63, 3.8) is 0 Å². The lowest BCUT2D eigenvalue weighted by Crippen LogP contribution is -2.55. The Morgan fingerprint density at radius 3 is 2.17 bits per heavy atom. The molecule has 8 N–H and O–H groups in total. The molecule has 3 aromatic rings. The van der Waals surface area contributed by atoms with Crippen LogP contribution in [0.25, 0.3) is 11.1 Å². The van der Waals surface area contributed by atoms with E-state index < -0.39 is 54.2 Å².